The standard InChI is InChI=1S/C25H21FN4O2/c1-32-23-13-9-19(10-14-23)25-20(17-30(29-25)22-5-3-2-4-6-22)16-27-28-24(31)15-18-7-11-21(26)12-8-18/h2-14,16-17H,15H2,1H3,(H,28,31)/b27-16+. The Morgan fingerprint density at radius 3 is 2.47 bits per heavy atom. The van der Waals surface area contributed by atoms with E-state index in [2.05, 4.69) is 10.5 Å². The van der Waals surface area contributed by atoms with E-state index >= 15 is 0 Å². The number of para-hydroxylation sites is 1. The number of hydrazone groups is 1. The van der Waals surface area contributed by atoms with Crippen molar-refractivity contribution in [3.63, 3.8) is 0 Å². The van der Waals surface area contributed by atoms with Crippen molar-refractivity contribution in [2.45, 2.75) is 6.42 Å². The highest BCUT2D eigenvalue weighted by Gasteiger charge is 2.12. The van der Waals surface area contributed by atoms with Crippen LogP contribution in [0.5, 0.6) is 5.75 Å². The van der Waals surface area contributed by atoms with Crippen molar-refractivity contribution in [1.82, 2.24) is 15.2 Å². The minimum Gasteiger partial charge on any atom is -0.497 e. The minimum absolute atomic E-state index is 0.103. The maximum absolute atomic E-state index is 13.0. The fraction of sp³-hybridized carbons (Fsp3) is 0.0800. The highest BCUT2D eigenvalue weighted by Crippen LogP contribution is 2.25. The van der Waals surface area contributed by atoms with E-state index in [1.54, 1.807) is 30.1 Å². The maximum atomic E-state index is 13.0. The third-order valence-electron chi connectivity index (χ3n) is 4.80. The molecule has 0 saturated carbocycles. The number of carbonyl (C=O) groups excluding carboxylic acids is 1. The van der Waals surface area contributed by atoms with Gasteiger partial charge in [-0.15, -0.1) is 0 Å². The van der Waals surface area contributed by atoms with Gasteiger partial charge >= 0.3 is 0 Å². The lowest BCUT2D eigenvalue weighted by molar-refractivity contribution is -0.120. The van der Waals surface area contributed by atoms with Gasteiger partial charge in [-0.05, 0) is 54.1 Å². The third-order valence-corrected chi connectivity index (χ3v) is 4.80. The average molecular weight is 428 g/mol. The number of rotatable bonds is 7. The molecule has 0 fully saturated rings. The monoisotopic (exact) mass is 428 g/mol. The van der Waals surface area contributed by atoms with E-state index in [1.807, 2.05) is 60.8 Å². The van der Waals surface area contributed by atoms with Gasteiger partial charge in [0.2, 0.25) is 5.91 Å². The van der Waals surface area contributed by atoms with Crippen LogP contribution in [0.2, 0.25) is 0 Å². The zero-order chi connectivity index (χ0) is 22.3. The Morgan fingerprint density at radius 1 is 1.06 bits per heavy atom. The van der Waals surface area contributed by atoms with Crippen LogP contribution in [0.3, 0.4) is 0 Å². The highest BCUT2D eigenvalue weighted by molar-refractivity contribution is 5.90. The third kappa shape index (κ3) is 5.07. The molecule has 0 aliphatic rings. The second kappa shape index (κ2) is 9.70. The number of benzene rings is 3. The molecule has 3 aromatic carbocycles. The van der Waals surface area contributed by atoms with Crippen LogP contribution in [0.4, 0.5) is 4.39 Å². The lowest BCUT2D eigenvalue weighted by Gasteiger charge is -2.03. The number of nitrogens with zero attached hydrogens (tertiary/aromatic N) is 3. The molecule has 1 amide bonds. The Morgan fingerprint density at radius 2 is 1.78 bits per heavy atom. The molecule has 0 atom stereocenters. The first-order valence-electron chi connectivity index (χ1n) is 9.98. The van der Waals surface area contributed by atoms with Crippen LogP contribution in [0.25, 0.3) is 16.9 Å². The van der Waals surface area contributed by atoms with Crippen LogP contribution in [-0.2, 0) is 11.2 Å². The van der Waals surface area contributed by atoms with Crippen molar-refractivity contribution in [3.8, 4) is 22.7 Å². The number of aromatic nitrogens is 2. The Bertz CT molecular complexity index is 1220. The molecule has 0 unspecified atom stereocenters. The molecule has 32 heavy (non-hydrogen) atoms. The first-order valence-corrected chi connectivity index (χ1v) is 9.98. The summed E-state index contributed by atoms with van der Waals surface area (Å²) in [6.07, 6.45) is 3.52. The van der Waals surface area contributed by atoms with Crippen molar-refractivity contribution in [3.05, 3.63) is 102 Å². The lowest BCUT2D eigenvalue weighted by atomic mass is 10.1. The Kier molecular flexibility index (Phi) is 6.36. The second-order valence-electron chi connectivity index (χ2n) is 7.04. The van der Waals surface area contributed by atoms with Gasteiger partial charge < -0.3 is 4.74 Å². The summed E-state index contributed by atoms with van der Waals surface area (Å²) < 4.78 is 20.0. The molecule has 1 aromatic heterocycles. The number of hydrogen-bond donors (Lipinski definition) is 1. The summed E-state index contributed by atoms with van der Waals surface area (Å²) in [5.41, 5.74) is 6.47. The first-order chi connectivity index (χ1) is 15.6. The predicted octanol–water partition coefficient (Wildman–Crippen LogP) is 4.38. The van der Waals surface area contributed by atoms with Gasteiger partial charge in [-0.25, -0.2) is 14.5 Å². The molecule has 6 nitrogen and oxygen atoms in total. The number of methoxy groups -OCH3 is 1. The molecule has 1 N–H and O–H groups in total. The molecular weight excluding hydrogens is 407 g/mol. The van der Waals surface area contributed by atoms with Crippen molar-refractivity contribution in [2.75, 3.05) is 7.11 Å². The molecule has 1 heterocycles. The van der Waals surface area contributed by atoms with Gasteiger partial charge in [0.1, 0.15) is 17.3 Å². The first kappa shape index (κ1) is 21.0. The van der Waals surface area contributed by atoms with Gasteiger partial charge in [-0.2, -0.15) is 10.2 Å². The topological polar surface area (TPSA) is 68.5 Å². The van der Waals surface area contributed by atoms with Gasteiger partial charge in [0, 0.05) is 17.3 Å². The average Bonchev–Trinajstić information content (AvgIpc) is 3.25. The molecule has 160 valence electrons. The summed E-state index contributed by atoms with van der Waals surface area (Å²) in [5.74, 6) is 0.113. The van der Waals surface area contributed by atoms with E-state index in [9.17, 15) is 9.18 Å². The summed E-state index contributed by atoms with van der Waals surface area (Å²) in [5, 5.41) is 8.82. The van der Waals surface area contributed by atoms with Gasteiger partial charge in [0.15, 0.2) is 0 Å². The van der Waals surface area contributed by atoms with E-state index < -0.39 is 0 Å². The fourth-order valence-corrected chi connectivity index (χ4v) is 3.17. The van der Waals surface area contributed by atoms with Gasteiger partial charge in [0.05, 0.1) is 25.4 Å². The van der Waals surface area contributed by atoms with Crippen molar-refractivity contribution >= 4 is 12.1 Å². The number of carbonyl (C=O) groups is 1. The summed E-state index contributed by atoms with van der Waals surface area (Å²) in [7, 11) is 1.62. The zero-order valence-corrected chi connectivity index (χ0v) is 17.4. The summed E-state index contributed by atoms with van der Waals surface area (Å²) in [6, 6.07) is 23.1. The van der Waals surface area contributed by atoms with Crippen LogP contribution in [-0.4, -0.2) is 29.0 Å². The van der Waals surface area contributed by atoms with Gasteiger partial charge in [0.25, 0.3) is 0 Å². The van der Waals surface area contributed by atoms with Crippen molar-refractivity contribution in [2.24, 2.45) is 5.10 Å². The Balaban J connectivity index is 1.56. The van der Waals surface area contributed by atoms with Crippen molar-refractivity contribution in [1.29, 1.82) is 0 Å². The molecule has 4 rings (SSSR count). The van der Waals surface area contributed by atoms with E-state index in [0.717, 1.165) is 22.6 Å². The second-order valence-corrected chi connectivity index (χ2v) is 7.04. The normalized spacial score (nSPS) is 10.9. The van der Waals surface area contributed by atoms with Crippen LogP contribution < -0.4 is 10.2 Å². The van der Waals surface area contributed by atoms with E-state index in [1.165, 1.54) is 12.1 Å². The summed E-state index contributed by atoms with van der Waals surface area (Å²) in [6.45, 7) is 0. The maximum Gasteiger partial charge on any atom is 0.244 e. The van der Waals surface area contributed by atoms with Gasteiger partial charge in [-0.3, -0.25) is 4.79 Å². The number of nitrogens with one attached hydrogen (secondary N) is 1. The summed E-state index contributed by atoms with van der Waals surface area (Å²) in [4.78, 5) is 12.2. The number of hydrogen-bond acceptors (Lipinski definition) is 4. The quantitative estimate of drug-likeness (QED) is 0.351. The van der Waals surface area contributed by atoms with Crippen LogP contribution in [0, 0.1) is 5.82 Å². The minimum atomic E-state index is -0.339. The largest absolute Gasteiger partial charge is 0.497 e. The number of halogens is 1. The molecule has 7 heteroatoms. The zero-order valence-electron chi connectivity index (χ0n) is 17.4. The lowest BCUT2D eigenvalue weighted by Crippen LogP contribution is -2.19. The van der Waals surface area contributed by atoms with E-state index in [0.29, 0.717) is 11.3 Å². The number of ether oxygens (including phenoxy) is 1. The molecule has 0 saturated heterocycles. The van der Waals surface area contributed by atoms with Gasteiger partial charge in [-0.1, -0.05) is 30.3 Å². The fourth-order valence-electron chi connectivity index (χ4n) is 3.17. The number of amides is 1. The SMILES string of the molecule is COc1ccc(-c2nn(-c3ccccc3)cc2/C=N/NC(=O)Cc2ccc(F)cc2)cc1. The van der Waals surface area contributed by atoms with Crippen LogP contribution in [0.1, 0.15) is 11.1 Å². The Hall–Kier alpha value is -4.26. The highest BCUT2D eigenvalue weighted by atomic mass is 19.1. The van der Waals surface area contributed by atoms with Crippen LogP contribution >= 0.6 is 0 Å². The van der Waals surface area contributed by atoms with E-state index in [4.69, 9.17) is 9.84 Å². The molecule has 0 spiro atoms. The van der Waals surface area contributed by atoms with Crippen molar-refractivity contribution < 1.29 is 13.9 Å². The smallest absolute Gasteiger partial charge is 0.244 e. The molecule has 0 bridgehead atoms. The molecule has 4 aromatic rings. The Labute approximate surface area is 185 Å². The molecule has 0 radical (unpaired) electrons. The molecular formula is C25H21FN4O2. The molecule has 0 aliphatic carbocycles. The summed E-state index contributed by atoms with van der Waals surface area (Å²) >= 11 is 0. The molecule has 0 aliphatic heterocycles. The predicted molar refractivity (Wildman–Crippen MR) is 121 cm³/mol. The van der Waals surface area contributed by atoms with Crippen LogP contribution in [0.15, 0.2) is 90.2 Å². The van der Waals surface area contributed by atoms with E-state index in [-0.39, 0.29) is 18.1 Å².